The molecule has 8 heteroatoms. The van der Waals surface area contributed by atoms with Crippen LogP contribution in [0, 0.1) is 0 Å². The molecule has 0 aromatic carbocycles. The van der Waals surface area contributed by atoms with Gasteiger partial charge in [-0.1, -0.05) is 0 Å². The van der Waals surface area contributed by atoms with Crippen LogP contribution >= 0.6 is 0 Å². The highest BCUT2D eigenvalue weighted by molar-refractivity contribution is 6.17. The molecule has 0 spiro atoms. The van der Waals surface area contributed by atoms with E-state index in [1.165, 1.54) is 0 Å². The van der Waals surface area contributed by atoms with Gasteiger partial charge in [-0.3, -0.25) is 0 Å². The predicted molar refractivity (Wildman–Crippen MR) is 37.9 cm³/mol. The van der Waals surface area contributed by atoms with Crippen molar-refractivity contribution in [3.05, 3.63) is 0 Å². The normalized spacial score (nSPS) is 16.9. The number of hydrogen-bond acceptors (Lipinski definition) is 6. The summed E-state index contributed by atoms with van der Waals surface area (Å²) in [4.78, 5) is 26.8. The Morgan fingerprint density at radius 2 is 1.46 bits per heavy atom. The Bertz CT molecular complexity index is 265. The minimum atomic E-state index is -2.32. The number of ether oxygens (including phenoxy) is 2. The van der Waals surface area contributed by atoms with Crippen LogP contribution in [0.4, 0.5) is 9.59 Å². The van der Waals surface area contributed by atoms with Crippen LogP contribution < -0.4 is 0 Å². The molecule has 0 unspecified atom stereocenters. The van der Waals surface area contributed by atoms with E-state index in [0.29, 0.717) is 0 Å². The first-order chi connectivity index (χ1) is 6.04. The van der Waals surface area contributed by atoms with Crippen molar-refractivity contribution in [1.29, 1.82) is 0 Å². The number of carboxylic acid groups (broad SMARTS) is 2. The summed E-state index contributed by atoms with van der Waals surface area (Å²) in [5, 5.41) is 16.4. The van der Waals surface area contributed by atoms with Gasteiger partial charge in [0.2, 0.25) is 0 Å². The topological polar surface area (TPSA) is 118 Å². The first-order valence-electron chi connectivity index (χ1n) is 2.97. The predicted octanol–water partition coefficient (Wildman–Crippen LogP) is 0.142. The van der Waals surface area contributed by atoms with Crippen LogP contribution in [0.3, 0.4) is 0 Å². The van der Waals surface area contributed by atoms with Gasteiger partial charge in [-0.2, -0.15) is 9.98 Å². The summed E-state index contributed by atoms with van der Waals surface area (Å²) in [6.45, 7) is 0. The highest BCUT2D eigenvalue weighted by Gasteiger charge is 2.40. The zero-order chi connectivity index (χ0) is 9.90. The molecule has 0 saturated carbocycles. The molecule has 70 valence electrons. The van der Waals surface area contributed by atoms with E-state index in [0.717, 1.165) is 12.4 Å². The summed E-state index contributed by atoms with van der Waals surface area (Å²) in [5.41, 5.74) is 0. The highest BCUT2D eigenvalue weighted by atomic mass is 16.8. The van der Waals surface area contributed by atoms with E-state index in [9.17, 15) is 9.59 Å². The Hall–Kier alpha value is -2.12. The summed E-state index contributed by atoms with van der Waals surface area (Å²) < 4.78 is 8.05. The monoisotopic (exact) mass is 188 g/mol. The van der Waals surface area contributed by atoms with Gasteiger partial charge in [0.15, 0.2) is 0 Å². The molecule has 0 aromatic heterocycles. The van der Waals surface area contributed by atoms with Crippen molar-refractivity contribution in [1.82, 2.24) is 0 Å². The van der Waals surface area contributed by atoms with Gasteiger partial charge in [0.25, 0.3) is 0 Å². The van der Waals surface area contributed by atoms with Gasteiger partial charge in [0.05, 0.1) is 12.4 Å². The minimum Gasteiger partial charge on any atom is -0.450 e. The van der Waals surface area contributed by atoms with Gasteiger partial charge in [-0.05, 0) is 0 Å². The van der Waals surface area contributed by atoms with E-state index in [2.05, 4.69) is 19.5 Å². The van der Waals surface area contributed by atoms with Gasteiger partial charge >= 0.3 is 18.3 Å². The van der Waals surface area contributed by atoms with Crippen molar-refractivity contribution in [2.75, 3.05) is 0 Å². The minimum absolute atomic E-state index is 1.06. The number of carbonyl (C=O) groups is 2. The zero-order valence-electron chi connectivity index (χ0n) is 6.08. The van der Waals surface area contributed by atoms with Crippen molar-refractivity contribution in [2.24, 2.45) is 9.98 Å². The molecular formula is C5H4N2O6. The molecule has 0 saturated heterocycles. The lowest BCUT2D eigenvalue weighted by atomic mass is 10.8. The van der Waals surface area contributed by atoms with E-state index >= 15 is 0 Å². The molecule has 8 nitrogen and oxygen atoms in total. The van der Waals surface area contributed by atoms with E-state index < -0.39 is 18.3 Å². The lowest BCUT2D eigenvalue weighted by molar-refractivity contribution is -0.167. The molecule has 0 aromatic rings. The third-order valence-electron chi connectivity index (χ3n) is 0.983. The van der Waals surface area contributed by atoms with Gasteiger partial charge in [0.1, 0.15) is 0 Å². The third kappa shape index (κ3) is 2.15. The Kier molecular flexibility index (Phi) is 2.13. The Labute approximate surface area is 71.1 Å². The fourth-order valence-electron chi connectivity index (χ4n) is 0.642. The van der Waals surface area contributed by atoms with Gasteiger partial charge in [-0.15, -0.1) is 0 Å². The molecule has 1 aliphatic rings. The second-order valence-electron chi connectivity index (χ2n) is 1.84. The van der Waals surface area contributed by atoms with Crippen LogP contribution in [0.2, 0.25) is 0 Å². The average molecular weight is 188 g/mol. The van der Waals surface area contributed by atoms with Crippen molar-refractivity contribution in [3.8, 4) is 0 Å². The van der Waals surface area contributed by atoms with Crippen LogP contribution in [0.15, 0.2) is 9.98 Å². The van der Waals surface area contributed by atoms with Gasteiger partial charge in [0, 0.05) is 0 Å². The molecule has 13 heavy (non-hydrogen) atoms. The summed E-state index contributed by atoms with van der Waals surface area (Å²) in [5.74, 6) is 0. The van der Waals surface area contributed by atoms with E-state index in [-0.39, 0.29) is 0 Å². The quantitative estimate of drug-likeness (QED) is 0.470. The molecule has 1 rings (SSSR count). The van der Waals surface area contributed by atoms with Gasteiger partial charge < -0.3 is 19.7 Å². The smallest absolute Gasteiger partial charge is 0.450 e. The maximum atomic E-state index is 10.1. The van der Waals surface area contributed by atoms with Crippen molar-refractivity contribution >= 4 is 24.7 Å². The van der Waals surface area contributed by atoms with Crippen LogP contribution in [-0.4, -0.2) is 41.0 Å². The van der Waals surface area contributed by atoms with Crippen LogP contribution in [0.1, 0.15) is 0 Å². The molecule has 0 atom stereocenters. The Morgan fingerprint density at radius 1 is 1.08 bits per heavy atom. The van der Waals surface area contributed by atoms with E-state index in [1.54, 1.807) is 0 Å². The molecule has 2 N–H and O–H groups in total. The number of hydrogen-bond donors (Lipinski definition) is 2. The number of rotatable bonds is 2. The number of aliphatic imine (C=N–C) groups is 2. The second kappa shape index (κ2) is 3.09. The van der Waals surface area contributed by atoms with Gasteiger partial charge in [-0.25, -0.2) is 9.59 Å². The largest absolute Gasteiger partial charge is 0.511 e. The third-order valence-corrected chi connectivity index (χ3v) is 0.983. The lowest BCUT2D eigenvalue weighted by Gasteiger charge is -2.17. The highest BCUT2D eigenvalue weighted by Crippen LogP contribution is 2.19. The van der Waals surface area contributed by atoms with Crippen LogP contribution in [0.5, 0.6) is 0 Å². The van der Waals surface area contributed by atoms with Crippen LogP contribution in [0.25, 0.3) is 0 Å². The summed E-state index contributed by atoms with van der Waals surface area (Å²) in [6, 6.07) is -2.32. The molecule has 0 amide bonds. The molecule has 1 aliphatic heterocycles. The van der Waals surface area contributed by atoms with E-state index in [1.807, 2.05) is 0 Å². The second-order valence-corrected chi connectivity index (χ2v) is 1.84. The summed E-state index contributed by atoms with van der Waals surface area (Å²) >= 11 is 0. The fraction of sp³-hybridized carbons (Fsp3) is 0.200. The summed E-state index contributed by atoms with van der Waals surface area (Å²) in [6.07, 6.45) is -1.35. The Balaban J connectivity index is 2.76. The lowest BCUT2D eigenvalue weighted by Crippen LogP contribution is -2.34. The first-order valence-corrected chi connectivity index (χ1v) is 2.97. The molecule has 0 aliphatic carbocycles. The molecule has 0 bridgehead atoms. The van der Waals surface area contributed by atoms with E-state index in [4.69, 9.17) is 10.2 Å². The zero-order valence-corrected chi connectivity index (χ0v) is 6.08. The maximum absolute atomic E-state index is 10.1. The average Bonchev–Trinajstić information content (AvgIpc) is 2.33. The Morgan fingerprint density at radius 3 is 1.77 bits per heavy atom. The van der Waals surface area contributed by atoms with Crippen molar-refractivity contribution < 1.29 is 29.3 Å². The number of nitrogens with zero attached hydrogens (tertiary/aromatic N) is 2. The fourth-order valence-corrected chi connectivity index (χ4v) is 0.642. The van der Waals surface area contributed by atoms with Crippen LogP contribution in [-0.2, 0) is 9.47 Å². The molecular weight excluding hydrogens is 184 g/mol. The SMILES string of the molecule is O=C(O)OC1(OC(=O)O)N=CC=N1. The standard InChI is InChI=1S/C5H4N2O6/c8-3(9)12-5(13-4(10)11)6-1-2-7-5/h1-2H,(H,8,9)(H,10,11). The molecule has 0 radical (unpaired) electrons. The van der Waals surface area contributed by atoms with Crippen molar-refractivity contribution in [3.63, 3.8) is 0 Å². The first kappa shape index (κ1) is 8.97. The maximum Gasteiger partial charge on any atom is 0.511 e. The molecule has 1 heterocycles. The van der Waals surface area contributed by atoms with Crippen molar-refractivity contribution in [2.45, 2.75) is 6.03 Å². The molecule has 0 fully saturated rings. The summed E-state index contributed by atoms with van der Waals surface area (Å²) in [7, 11) is 0.